The van der Waals surface area contributed by atoms with Crippen molar-refractivity contribution in [1.29, 1.82) is 0 Å². The Bertz CT molecular complexity index is 267. The Balaban J connectivity index is 2.45. The average Bonchev–Trinajstić information content (AvgIpc) is 2.44. The van der Waals surface area contributed by atoms with Gasteiger partial charge in [0.25, 0.3) is 0 Å². The molecule has 1 aliphatic rings. The summed E-state index contributed by atoms with van der Waals surface area (Å²) in [6.07, 6.45) is 1.90. The molecule has 2 N–H and O–H groups in total. The summed E-state index contributed by atoms with van der Waals surface area (Å²) in [5, 5.41) is 6.82. The van der Waals surface area contributed by atoms with Gasteiger partial charge in [-0.1, -0.05) is 20.3 Å². The number of carbonyl (C=O) groups excluding carboxylic acids is 1. The molecule has 1 fully saturated rings. The van der Waals surface area contributed by atoms with Crippen molar-refractivity contribution >= 4 is 5.97 Å². The van der Waals surface area contributed by atoms with Crippen molar-refractivity contribution in [2.75, 3.05) is 26.9 Å². The third-order valence-electron chi connectivity index (χ3n) is 3.77. The number of rotatable bonds is 7. The fraction of sp³-hybridized carbons (Fsp3) is 0.929. The number of esters is 1. The Morgan fingerprint density at radius 2 is 2.26 bits per heavy atom. The van der Waals surface area contributed by atoms with E-state index in [1.807, 2.05) is 0 Å². The summed E-state index contributed by atoms with van der Waals surface area (Å²) in [6, 6.07) is 0.387. The van der Waals surface area contributed by atoms with Crippen molar-refractivity contribution in [3.63, 3.8) is 0 Å². The maximum atomic E-state index is 11.8. The van der Waals surface area contributed by atoms with Crippen molar-refractivity contribution < 1.29 is 14.3 Å². The van der Waals surface area contributed by atoms with Crippen LogP contribution in [0.3, 0.4) is 0 Å². The molecule has 0 aromatic heterocycles. The van der Waals surface area contributed by atoms with E-state index in [4.69, 9.17) is 9.47 Å². The molecule has 0 aromatic rings. The molecule has 112 valence electrons. The van der Waals surface area contributed by atoms with Gasteiger partial charge in [-0.2, -0.15) is 0 Å². The van der Waals surface area contributed by atoms with Crippen molar-refractivity contribution in [3.8, 4) is 0 Å². The highest BCUT2D eigenvalue weighted by molar-refractivity contribution is 5.76. The van der Waals surface area contributed by atoms with Gasteiger partial charge >= 0.3 is 5.97 Å². The van der Waals surface area contributed by atoms with Gasteiger partial charge in [0.15, 0.2) is 0 Å². The Morgan fingerprint density at radius 3 is 2.79 bits per heavy atom. The number of carbonyl (C=O) groups is 1. The summed E-state index contributed by atoms with van der Waals surface area (Å²) in [6.45, 7) is 8.71. The van der Waals surface area contributed by atoms with Crippen LogP contribution in [0.1, 0.15) is 33.6 Å². The van der Waals surface area contributed by atoms with Crippen LogP contribution in [0.2, 0.25) is 0 Å². The first kappa shape index (κ1) is 16.4. The van der Waals surface area contributed by atoms with Gasteiger partial charge in [0.1, 0.15) is 6.04 Å². The number of nitrogens with one attached hydrogen (secondary N) is 2. The largest absolute Gasteiger partial charge is 0.468 e. The maximum absolute atomic E-state index is 11.8. The predicted molar refractivity (Wildman–Crippen MR) is 75.1 cm³/mol. The van der Waals surface area contributed by atoms with Crippen LogP contribution in [0.15, 0.2) is 0 Å². The van der Waals surface area contributed by atoms with E-state index in [1.54, 1.807) is 0 Å². The van der Waals surface area contributed by atoms with Crippen LogP contribution in [0.25, 0.3) is 0 Å². The second-order valence-electron chi connectivity index (χ2n) is 5.42. The maximum Gasteiger partial charge on any atom is 0.323 e. The monoisotopic (exact) mass is 272 g/mol. The van der Waals surface area contributed by atoms with Gasteiger partial charge in [0.2, 0.25) is 0 Å². The topological polar surface area (TPSA) is 59.6 Å². The third-order valence-corrected chi connectivity index (χ3v) is 3.77. The minimum absolute atomic E-state index is 0.172. The van der Waals surface area contributed by atoms with Gasteiger partial charge in [-0.3, -0.25) is 4.79 Å². The highest BCUT2D eigenvalue weighted by Crippen LogP contribution is 2.12. The van der Waals surface area contributed by atoms with E-state index >= 15 is 0 Å². The molecule has 0 spiro atoms. The summed E-state index contributed by atoms with van der Waals surface area (Å²) in [7, 11) is 1.45. The average molecular weight is 272 g/mol. The molecule has 5 nitrogen and oxygen atoms in total. The van der Waals surface area contributed by atoms with E-state index < -0.39 is 0 Å². The Hall–Kier alpha value is -0.650. The van der Waals surface area contributed by atoms with Gasteiger partial charge < -0.3 is 20.1 Å². The number of ether oxygens (including phenoxy) is 2. The number of morpholine rings is 1. The van der Waals surface area contributed by atoms with Crippen LogP contribution in [-0.4, -0.2) is 51.0 Å². The molecular weight excluding hydrogens is 244 g/mol. The molecule has 0 saturated carbocycles. The van der Waals surface area contributed by atoms with Crippen molar-refractivity contribution in [3.05, 3.63) is 0 Å². The van der Waals surface area contributed by atoms with E-state index in [2.05, 4.69) is 31.4 Å². The summed E-state index contributed by atoms with van der Waals surface area (Å²) in [4.78, 5) is 11.8. The first-order valence-corrected chi connectivity index (χ1v) is 7.23. The SMILES string of the molecule is CCC(C)C(NC(C)CC1COCCN1)C(=O)OC. The zero-order chi connectivity index (χ0) is 14.3. The molecule has 1 saturated heterocycles. The first-order chi connectivity index (χ1) is 9.08. The van der Waals surface area contributed by atoms with E-state index in [-0.39, 0.29) is 24.0 Å². The number of hydrogen-bond acceptors (Lipinski definition) is 5. The Morgan fingerprint density at radius 1 is 1.53 bits per heavy atom. The lowest BCUT2D eigenvalue weighted by molar-refractivity contribution is -0.144. The third kappa shape index (κ3) is 5.47. The molecular formula is C14H28N2O3. The fourth-order valence-corrected chi connectivity index (χ4v) is 2.40. The Kier molecular flexibility index (Phi) is 7.34. The molecule has 19 heavy (non-hydrogen) atoms. The van der Waals surface area contributed by atoms with Crippen LogP contribution < -0.4 is 10.6 Å². The normalized spacial score (nSPS) is 24.5. The van der Waals surface area contributed by atoms with Gasteiger partial charge in [-0.05, 0) is 19.3 Å². The Labute approximate surface area is 116 Å². The van der Waals surface area contributed by atoms with E-state index in [9.17, 15) is 4.79 Å². The lowest BCUT2D eigenvalue weighted by Gasteiger charge is -2.30. The number of hydrogen-bond donors (Lipinski definition) is 2. The summed E-state index contributed by atoms with van der Waals surface area (Å²) < 4.78 is 10.3. The molecule has 4 atom stereocenters. The standard InChI is InChI=1S/C14H28N2O3/c1-5-10(2)13(14(17)18-4)16-11(3)8-12-9-19-7-6-15-12/h10-13,15-16H,5-9H2,1-4H3. The number of methoxy groups -OCH3 is 1. The van der Waals surface area contributed by atoms with Crippen LogP contribution >= 0.6 is 0 Å². The molecule has 1 heterocycles. The highest BCUT2D eigenvalue weighted by atomic mass is 16.5. The fourth-order valence-electron chi connectivity index (χ4n) is 2.40. The minimum Gasteiger partial charge on any atom is -0.468 e. The van der Waals surface area contributed by atoms with Gasteiger partial charge in [0.05, 0.1) is 20.3 Å². The van der Waals surface area contributed by atoms with Crippen molar-refractivity contribution in [2.24, 2.45) is 5.92 Å². The van der Waals surface area contributed by atoms with Crippen LogP contribution in [0.5, 0.6) is 0 Å². The van der Waals surface area contributed by atoms with Gasteiger partial charge in [0, 0.05) is 18.6 Å². The van der Waals surface area contributed by atoms with Crippen molar-refractivity contribution in [1.82, 2.24) is 10.6 Å². The zero-order valence-electron chi connectivity index (χ0n) is 12.6. The summed E-state index contributed by atoms with van der Waals surface area (Å²) in [5.41, 5.74) is 0. The molecule has 0 aliphatic carbocycles. The van der Waals surface area contributed by atoms with Crippen molar-refractivity contribution in [2.45, 2.75) is 51.7 Å². The first-order valence-electron chi connectivity index (χ1n) is 7.23. The molecule has 0 bridgehead atoms. The van der Waals surface area contributed by atoms with Crippen LogP contribution in [0, 0.1) is 5.92 Å². The van der Waals surface area contributed by atoms with Crippen LogP contribution in [-0.2, 0) is 14.3 Å². The summed E-state index contributed by atoms with van der Waals surface area (Å²) >= 11 is 0. The van der Waals surface area contributed by atoms with Gasteiger partial charge in [-0.25, -0.2) is 0 Å². The smallest absolute Gasteiger partial charge is 0.323 e. The molecule has 5 heteroatoms. The molecule has 1 aliphatic heterocycles. The molecule has 4 unspecified atom stereocenters. The lowest BCUT2D eigenvalue weighted by atomic mass is 9.97. The van der Waals surface area contributed by atoms with Crippen LogP contribution in [0.4, 0.5) is 0 Å². The zero-order valence-corrected chi connectivity index (χ0v) is 12.6. The molecule has 0 radical (unpaired) electrons. The quantitative estimate of drug-likeness (QED) is 0.675. The van der Waals surface area contributed by atoms with E-state index in [0.29, 0.717) is 6.04 Å². The highest BCUT2D eigenvalue weighted by Gasteiger charge is 2.27. The predicted octanol–water partition coefficient (Wildman–Crippen LogP) is 0.931. The molecule has 1 rings (SSSR count). The lowest BCUT2D eigenvalue weighted by Crippen LogP contribution is -2.50. The molecule has 0 aromatic carbocycles. The second-order valence-corrected chi connectivity index (χ2v) is 5.42. The van der Waals surface area contributed by atoms with E-state index in [0.717, 1.165) is 32.6 Å². The minimum atomic E-state index is -0.227. The second kappa shape index (κ2) is 8.51. The van der Waals surface area contributed by atoms with E-state index in [1.165, 1.54) is 7.11 Å². The summed E-state index contributed by atoms with van der Waals surface area (Å²) in [5.74, 6) is 0.0968. The van der Waals surface area contributed by atoms with Gasteiger partial charge in [-0.15, -0.1) is 0 Å². The molecule has 0 amide bonds.